The van der Waals surface area contributed by atoms with E-state index in [1.807, 2.05) is 6.92 Å². The highest BCUT2D eigenvalue weighted by molar-refractivity contribution is 5.66. The van der Waals surface area contributed by atoms with Crippen LogP contribution in [0.5, 0.6) is 0 Å². The lowest BCUT2D eigenvalue weighted by atomic mass is 10.0. The molecule has 0 aromatic carbocycles. The SMILES string of the molecule is CCCOC(=O)NCCC(C)CCC. The number of carbonyl (C=O) groups excluding carboxylic acids is 1. The Hall–Kier alpha value is -0.730. The number of ether oxygens (including phenoxy) is 1. The van der Waals surface area contributed by atoms with Gasteiger partial charge in [-0.3, -0.25) is 0 Å². The average Bonchev–Trinajstić information content (AvgIpc) is 2.15. The fourth-order valence-corrected chi connectivity index (χ4v) is 1.30. The van der Waals surface area contributed by atoms with Gasteiger partial charge in [0.1, 0.15) is 0 Å². The zero-order valence-corrected chi connectivity index (χ0v) is 9.64. The Morgan fingerprint density at radius 1 is 1.29 bits per heavy atom. The van der Waals surface area contributed by atoms with E-state index in [0.29, 0.717) is 12.5 Å². The van der Waals surface area contributed by atoms with Crippen molar-refractivity contribution in [3.63, 3.8) is 0 Å². The molecule has 0 aliphatic heterocycles. The molecule has 0 spiro atoms. The molecule has 0 rings (SSSR count). The Balaban J connectivity index is 3.30. The second-order valence-corrected chi connectivity index (χ2v) is 3.75. The van der Waals surface area contributed by atoms with Gasteiger partial charge in [0.15, 0.2) is 0 Å². The van der Waals surface area contributed by atoms with Crippen molar-refractivity contribution in [2.24, 2.45) is 5.92 Å². The van der Waals surface area contributed by atoms with Gasteiger partial charge in [-0.25, -0.2) is 4.79 Å². The van der Waals surface area contributed by atoms with Crippen molar-refractivity contribution < 1.29 is 9.53 Å². The normalized spacial score (nSPS) is 12.2. The van der Waals surface area contributed by atoms with E-state index in [-0.39, 0.29) is 6.09 Å². The second-order valence-electron chi connectivity index (χ2n) is 3.75. The third-order valence-electron chi connectivity index (χ3n) is 2.13. The lowest BCUT2D eigenvalue weighted by molar-refractivity contribution is 0.145. The van der Waals surface area contributed by atoms with E-state index in [2.05, 4.69) is 19.2 Å². The molecule has 1 atom stereocenters. The standard InChI is InChI=1S/C11H23NO2/c1-4-6-10(3)7-8-12-11(13)14-9-5-2/h10H,4-9H2,1-3H3,(H,12,13). The summed E-state index contributed by atoms with van der Waals surface area (Å²) in [6.07, 6.45) is 4.07. The molecular weight excluding hydrogens is 178 g/mol. The van der Waals surface area contributed by atoms with Gasteiger partial charge in [-0.2, -0.15) is 0 Å². The average molecular weight is 201 g/mol. The minimum absolute atomic E-state index is 0.282. The van der Waals surface area contributed by atoms with Crippen LogP contribution < -0.4 is 5.32 Å². The van der Waals surface area contributed by atoms with Crippen LogP contribution in [-0.4, -0.2) is 19.2 Å². The van der Waals surface area contributed by atoms with Gasteiger partial charge >= 0.3 is 6.09 Å². The Morgan fingerprint density at radius 3 is 2.57 bits per heavy atom. The third-order valence-corrected chi connectivity index (χ3v) is 2.13. The smallest absolute Gasteiger partial charge is 0.407 e. The maximum atomic E-state index is 11.0. The van der Waals surface area contributed by atoms with Crippen LogP contribution in [0.1, 0.15) is 46.5 Å². The second kappa shape index (κ2) is 8.85. The predicted molar refractivity (Wildman–Crippen MR) is 58.3 cm³/mol. The van der Waals surface area contributed by atoms with E-state index >= 15 is 0 Å². The zero-order valence-electron chi connectivity index (χ0n) is 9.64. The van der Waals surface area contributed by atoms with Crippen molar-refractivity contribution in [3.8, 4) is 0 Å². The number of hydrogen-bond acceptors (Lipinski definition) is 2. The van der Waals surface area contributed by atoms with E-state index in [0.717, 1.165) is 19.4 Å². The molecule has 84 valence electrons. The summed E-state index contributed by atoms with van der Waals surface area (Å²) in [7, 11) is 0. The van der Waals surface area contributed by atoms with Gasteiger partial charge in [-0.05, 0) is 18.8 Å². The molecule has 0 aromatic heterocycles. The maximum absolute atomic E-state index is 11.0. The topological polar surface area (TPSA) is 38.3 Å². The van der Waals surface area contributed by atoms with Gasteiger partial charge in [0.2, 0.25) is 0 Å². The molecule has 0 bridgehead atoms. The van der Waals surface area contributed by atoms with E-state index in [4.69, 9.17) is 4.74 Å². The molecule has 1 amide bonds. The molecule has 0 fully saturated rings. The summed E-state index contributed by atoms with van der Waals surface area (Å²) in [5.41, 5.74) is 0. The molecule has 3 nitrogen and oxygen atoms in total. The molecule has 0 aliphatic carbocycles. The van der Waals surface area contributed by atoms with Gasteiger partial charge in [-0.1, -0.05) is 33.6 Å². The maximum Gasteiger partial charge on any atom is 0.407 e. The highest BCUT2D eigenvalue weighted by Gasteiger charge is 2.03. The highest BCUT2D eigenvalue weighted by Crippen LogP contribution is 2.08. The Morgan fingerprint density at radius 2 is 2.00 bits per heavy atom. The Labute approximate surface area is 87.2 Å². The lowest BCUT2D eigenvalue weighted by Crippen LogP contribution is -2.26. The molecule has 14 heavy (non-hydrogen) atoms. The molecule has 0 radical (unpaired) electrons. The first-order chi connectivity index (χ1) is 6.70. The molecule has 0 heterocycles. The van der Waals surface area contributed by atoms with Crippen LogP contribution in [-0.2, 0) is 4.74 Å². The summed E-state index contributed by atoms with van der Waals surface area (Å²) < 4.78 is 4.88. The molecular formula is C11H23NO2. The lowest BCUT2D eigenvalue weighted by Gasteiger charge is -2.10. The highest BCUT2D eigenvalue weighted by atomic mass is 16.5. The van der Waals surface area contributed by atoms with Crippen molar-refractivity contribution in [3.05, 3.63) is 0 Å². The monoisotopic (exact) mass is 201 g/mol. The van der Waals surface area contributed by atoms with Gasteiger partial charge in [0, 0.05) is 6.54 Å². The van der Waals surface area contributed by atoms with E-state index in [1.54, 1.807) is 0 Å². The van der Waals surface area contributed by atoms with Crippen LogP contribution in [0.15, 0.2) is 0 Å². The molecule has 3 heteroatoms. The largest absolute Gasteiger partial charge is 0.450 e. The van der Waals surface area contributed by atoms with Gasteiger partial charge in [-0.15, -0.1) is 0 Å². The number of alkyl carbamates (subject to hydrolysis) is 1. The Kier molecular flexibility index (Phi) is 8.39. The van der Waals surface area contributed by atoms with Crippen molar-refractivity contribution >= 4 is 6.09 Å². The van der Waals surface area contributed by atoms with Crippen molar-refractivity contribution in [2.45, 2.75) is 46.5 Å². The first-order valence-electron chi connectivity index (χ1n) is 5.61. The van der Waals surface area contributed by atoms with Crippen molar-refractivity contribution in [1.82, 2.24) is 5.32 Å². The minimum atomic E-state index is -0.282. The first-order valence-corrected chi connectivity index (χ1v) is 5.61. The summed E-state index contributed by atoms with van der Waals surface area (Å²) in [6, 6.07) is 0. The summed E-state index contributed by atoms with van der Waals surface area (Å²) in [5.74, 6) is 0.687. The van der Waals surface area contributed by atoms with E-state index in [9.17, 15) is 4.79 Å². The predicted octanol–water partition coefficient (Wildman–Crippen LogP) is 2.95. The van der Waals surface area contributed by atoms with Crippen molar-refractivity contribution in [1.29, 1.82) is 0 Å². The van der Waals surface area contributed by atoms with Gasteiger partial charge in [0.05, 0.1) is 6.61 Å². The molecule has 0 saturated heterocycles. The number of hydrogen-bond donors (Lipinski definition) is 1. The molecule has 1 unspecified atom stereocenters. The summed E-state index contributed by atoms with van der Waals surface area (Å²) in [6.45, 7) is 7.61. The molecule has 0 aliphatic rings. The van der Waals surface area contributed by atoms with Crippen LogP contribution in [0.25, 0.3) is 0 Å². The van der Waals surface area contributed by atoms with E-state index < -0.39 is 0 Å². The molecule has 0 aromatic rings. The van der Waals surface area contributed by atoms with Crippen LogP contribution in [0.2, 0.25) is 0 Å². The molecule has 0 saturated carbocycles. The number of amides is 1. The van der Waals surface area contributed by atoms with Gasteiger partial charge < -0.3 is 10.1 Å². The van der Waals surface area contributed by atoms with Gasteiger partial charge in [0.25, 0.3) is 0 Å². The fraction of sp³-hybridized carbons (Fsp3) is 0.909. The number of rotatable bonds is 7. The van der Waals surface area contributed by atoms with Crippen molar-refractivity contribution in [2.75, 3.05) is 13.2 Å². The van der Waals surface area contributed by atoms with Crippen LogP contribution in [0, 0.1) is 5.92 Å². The summed E-state index contributed by atoms with van der Waals surface area (Å²) in [5, 5.41) is 2.75. The fourth-order valence-electron chi connectivity index (χ4n) is 1.30. The third kappa shape index (κ3) is 7.90. The van der Waals surface area contributed by atoms with E-state index in [1.165, 1.54) is 12.8 Å². The van der Waals surface area contributed by atoms with Crippen LogP contribution >= 0.6 is 0 Å². The summed E-state index contributed by atoms with van der Waals surface area (Å²) in [4.78, 5) is 11.0. The van der Waals surface area contributed by atoms with Crippen LogP contribution in [0.3, 0.4) is 0 Å². The van der Waals surface area contributed by atoms with Crippen LogP contribution in [0.4, 0.5) is 4.79 Å². The zero-order chi connectivity index (χ0) is 10.8. The number of nitrogens with one attached hydrogen (secondary N) is 1. The number of carbonyl (C=O) groups is 1. The minimum Gasteiger partial charge on any atom is -0.450 e. The quantitative estimate of drug-likeness (QED) is 0.687. The first kappa shape index (κ1) is 13.3. The Bertz CT molecular complexity index is 148. The molecule has 1 N–H and O–H groups in total. The summed E-state index contributed by atoms with van der Waals surface area (Å²) >= 11 is 0.